The molecule has 126 valence electrons. The van der Waals surface area contributed by atoms with E-state index in [-0.39, 0.29) is 0 Å². The summed E-state index contributed by atoms with van der Waals surface area (Å²) in [6.45, 7) is 6.76. The normalized spacial score (nSPS) is 23.8. The molecule has 0 bridgehead atoms. The smallest absolute Gasteiger partial charge is 0.324 e. The number of carbonyl (C=O) groups excluding carboxylic acids is 2. The highest BCUT2D eigenvalue weighted by Gasteiger charge is 2.48. The van der Waals surface area contributed by atoms with Gasteiger partial charge in [-0.15, -0.1) is 11.6 Å². The minimum absolute atomic E-state index is 0.450. The summed E-state index contributed by atoms with van der Waals surface area (Å²) in [5.41, 5.74) is 5.75. The lowest BCUT2D eigenvalue weighted by Crippen LogP contribution is -2.61. The van der Waals surface area contributed by atoms with Crippen molar-refractivity contribution in [3.8, 4) is 0 Å². The Hall–Kier alpha value is -1.59. The minimum atomic E-state index is -0.859. The Labute approximate surface area is 141 Å². The maximum Gasteiger partial charge on any atom is 0.324 e. The van der Waals surface area contributed by atoms with E-state index in [2.05, 4.69) is 0 Å². The Morgan fingerprint density at radius 3 is 2.57 bits per heavy atom. The molecule has 1 saturated heterocycles. The van der Waals surface area contributed by atoms with E-state index < -0.39 is 34.8 Å². The Balaban J connectivity index is 2.36. The van der Waals surface area contributed by atoms with Gasteiger partial charge in [-0.25, -0.2) is 0 Å². The molecule has 0 aromatic heterocycles. The van der Waals surface area contributed by atoms with Crippen LogP contribution in [0.5, 0.6) is 0 Å². The third kappa shape index (κ3) is 3.85. The van der Waals surface area contributed by atoms with Crippen molar-refractivity contribution in [1.82, 2.24) is 4.90 Å². The first-order valence-electron chi connectivity index (χ1n) is 7.72. The van der Waals surface area contributed by atoms with E-state index in [4.69, 9.17) is 22.1 Å². The largest absolute Gasteiger partial charge is 0.457 e. The van der Waals surface area contributed by atoms with E-state index in [1.807, 2.05) is 56.0 Å². The third-order valence-electron chi connectivity index (χ3n) is 4.10. The maximum atomic E-state index is 12.5. The molecule has 5 nitrogen and oxygen atoms in total. The number of nitrogens with zero attached hydrogens (tertiary/aromatic N) is 1. The van der Waals surface area contributed by atoms with Crippen molar-refractivity contribution in [2.45, 2.75) is 37.8 Å². The van der Waals surface area contributed by atoms with Crippen molar-refractivity contribution in [1.29, 1.82) is 0 Å². The Kier molecular flexibility index (Phi) is 5.32. The molecule has 0 spiro atoms. The molecule has 1 amide bonds. The number of primary amides is 1. The summed E-state index contributed by atoms with van der Waals surface area (Å²) < 4.78 is 5.49. The molecule has 1 aliphatic rings. The van der Waals surface area contributed by atoms with Gasteiger partial charge in [0.25, 0.3) is 0 Å². The monoisotopic (exact) mass is 338 g/mol. The molecule has 6 heteroatoms. The number of morpholine rings is 1. The van der Waals surface area contributed by atoms with Crippen LogP contribution in [0.1, 0.15) is 31.7 Å². The number of cyclic esters (lactones) is 1. The van der Waals surface area contributed by atoms with E-state index in [1.165, 1.54) is 0 Å². The number of likely N-dealkylation sites (N-methyl/N-ethyl adjacent to an activating group) is 1. The lowest BCUT2D eigenvalue weighted by molar-refractivity contribution is -0.182. The summed E-state index contributed by atoms with van der Waals surface area (Å²) in [4.78, 5) is 26.5. The molecule has 0 radical (unpaired) electrons. The van der Waals surface area contributed by atoms with Crippen LogP contribution in [0.4, 0.5) is 0 Å². The van der Waals surface area contributed by atoms with Gasteiger partial charge >= 0.3 is 5.97 Å². The lowest BCUT2D eigenvalue weighted by atomic mass is 9.87. The zero-order valence-corrected chi connectivity index (χ0v) is 14.4. The van der Waals surface area contributed by atoms with Crippen LogP contribution in [0.15, 0.2) is 30.3 Å². The summed E-state index contributed by atoms with van der Waals surface area (Å²) in [7, 11) is 0. The van der Waals surface area contributed by atoms with Gasteiger partial charge in [0.1, 0.15) is 11.6 Å². The molecule has 3 unspecified atom stereocenters. The number of amides is 1. The highest BCUT2D eigenvalue weighted by Crippen LogP contribution is 2.36. The molecule has 1 fully saturated rings. The molecule has 2 rings (SSSR count). The SMILES string of the molecule is CCN1CC(C)(C)OC(=O)C1C(C(N)=O)C(Cl)c1ccccc1. The first-order valence-corrected chi connectivity index (χ1v) is 8.15. The average molecular weight is 339 g/mol. The molecular weight excluding hydrogens is 316 g/mol. The Bertz CT molecular complexity index is 576. The van der Waals surface area contributed by atoms with Crippen LogP contribution in [-0.4, -0.2) is 41.5 Å². The number of halogens is 1. The third-order valence-corrected chi connectivity index (χ3v) is 4.63. The predicted octanol–water partition coefficient (Wildman–Crippen LogP) is 2.09. The topological polar surface area (TPSA) is 72.6 Å². The highest BCUT2D eigenvalue weighted by molar-refractivity contribution is 6.22. The van der Waals surface area contributed by atoms with Gasteiger partial charge in [0.05, 0.1) is 11.3 Å². The van der Waals surface area contributed by atoms with Crippen LogP contribution in [0.3, 0.4) is 0 Å². The second-order valence-electron chi connectivity index (χ2n) is 6.43. The number of hydrogen-bond donors (Lipinski definition) is 1. The first kappa shape index (κ1) is 17.8. The zero-order chi connectivity index (χ0) is 17.2. The van der Waals surface area contributed by atoms with Gasteiger partial charge in [0.2, 0.25) is 5.91 Å². The maximum absolute atomic E-state index is 12.5. The number of benzene rings is 1. The molecule has 2 N–H and O–H groups in total. The number of rotatable bonds is 5. The molecule has 1 aromatic rings. The summed E-state index contributed by atoms with van der Waals surface area (Å²) in [6.07, 6.45) is 0. The van der Waals surface area contributed by atoms with Crippen molar-refractivity contribution < 1.29 is 14.3 Å². The Morgan fingerprint density at radius 1 is 1.43 bits per heavy atom. The van der Waals surface area contributed by atoms with E-state index in [1.54, 1.807) is 0 Å². The van der Waals surface area contributed by atoms with Crippen LogP contribution in [0, 0.1) is 5.92 Å². The number of esters is 1. The van der Waals surface area contributed by atoms with Gasteiger partial charge in [0.15, 0.2) is 0 Å². The number of alkyl halides is 1. The molecule has 23 heavy (non-hydrogen) atoms. The van der Waals surface area contributed by atoms with E-state index >= 15 is 0 Å². The van der Waals surface area contributed by atoms with Gasteiger partial charge in [-0.3, -0.25) is 14.5 Å². The first-order chi connectivity index (χ1) is 10.8. The Morgan fingerprint density at radius 2 is 2.04 bits per heavy atom. The summed E-state index contributed by atoms with van der Waals surface area (Å²) in [5.74, 6) is -1.91. The number of ether oxygens (including phenoxy) is 1. The summed E-state index contributed by atoms with van der Waals surface area (Å²) in [6, 6.07) is 8.41. The van der Waals surface area contributed by atoms with Crippen LogP contribution in [0.25, 0.3) is 0 Å². The quantitative estimate of drug-likeness (QED) is 0.659. The average Bonchev–Trinajstić information content (AvgIpc) is 2.49. The van der Waals surface area contributed by atoms with E-state index in [0.29, 0.717) is 13.1 Å². The van der Waals surface area contributed by atoms with Gasteiger partial charge in [-0.05, 0) is 26.0 Å². The standard InChI is InChI=1S/C17H23ClN2O3/c1-4-20-10-17(2,3)23-16(22)14(20)12(15(19)21)13(18)11-8-6-5-7-9-11/h5-9,12-14H,4,10H2,1-3H3,(H2,19,21). The zero-order valence-electron chi connectivity index (χ0n) is 13.7. The second kappa shape index (κ2) is 6.89. The van der Waals surface area contributed by atoms with Crippen LogP contribution in [-0.2, 0) is 14.3 Å². The number of carbonyl (C=O) groups is 2. The fourth-order valence-corrected chi connectivity index (χ4v) is 3.50. The number of hydrogen-bond acceptors (Lipinski definition) is 4. The summed E-state index contributed by atoms with van der Waals surface area (Å²) >= 11 is 6.52. The predicted molar refractivity (Wildman–Crippen MR) is 88.9 cm³/mol. The molecule has 0 saturated carbocycles. The highest BCUT2D eigenvalue weighted by atomic mass is 35.5. The van der Waals surface area contributed by atoms with Crippen molar-refractivity contribution >= 4 is 23.5 Å². The lowest BCUT2D eigenvalue weighted by Gasteiger charge is -2.44. The molecule has 1 heterocycles. The molecule has 1 aliphatic heterocycles. The molecular formula is C17H23ClN2O3. The van der Waals surface area contributed by atoms with Gasteiger partial charge in [0, 0.05) is 6.54 Å². The van der Waals surface area contributed by atoms with Gasteiger partial charge in [-0.2, -0.15) is 0 Å². The van der Waals surface area contributed by atoms with Crippen molar-refractivity contribution in [3.63, 3.8) is 0 Å². The summed E-state index contributed by atoms with van der Waals surface area (Å²) in [5, 5.41) is -0.693. The molecule has 1 aromatic carbocycles. The van der Waals surface area contributed by atoms with Crippen LogP contribution in [0.2, 0.25) is 0 Å². The van der Waals surface area contributed by atoms with Crippen molar-refractivity contribution in [2.75, 3.05) is 13.1 Å². The van der Waals surface area contributed by atoms with Crippen LogP contribution >= 0.6 is 11.6 Å². The van der Waals surface area contributed by atoms with Gasteiger partial charge < -0.3 is 10.5 Å². The van der Waals surface area contributed by atoms with Crippen molar-refractivity contribution in [3.05, 3.63) is 35.9 Å². The van der Waals surface area contributed by atoms with Crippen LogP contribution < -0.4 is 5.73 Å². The minimum Gasteiger partial charge on any atom is -0.457 e. The fourth-order valence-electron chi connectivity index (χ4n) is 3.09. The van der Waals surface area contributed by atoms with Crippen molar-refractivity contribution in [2.24, 2.45) is 11.7 Å². The molecule has 0 aliphatic carbocycles. The van der Waals surface area contributed by atoms with Gasteiger partial charge in [-0.1, -0.05) is 37.3 Å². The fraction of sp³-hybridized carbons (Fsp3) is 0.529. The van der Waals surface area contributed by atoms with E-state index in [9.17, 15) is 9.59 Å². The molecule has 3 atom stereocenters. The van der Waals surface area contributed by atoms with E-state index in [0.717, 1.165) is 5.56 Å². The number of nitrogens with two attached hydrogens (primary N) is 1. The second-order valence-corrected chi connectivity index (χ2v) is 6.90.